The van der Waals surface area contributed by atoms with E-state index in [4.69, 9.17) is 4.74 Å². The van der Waals surface area contributed by atoms with Crippen LogP contribution in [-0.2, 0) is 0 Å². The number of rotatable bonds is 8. The Kier molecular flexibility index (Phi) is 6.71. The van der Waals surface area contributed by atoms with Crippen molar-refractivity contribution in [2.24, 2.45) is 0 Å². The molecule has 0 saturated carbocycles. The van der Waals surface area contributed by atoms with Crippen LogP contribution in [0, 0.1) is 0 Å². The van der Waals surface area contributed by atoms with E-state index in [0.29, 0.717) is 6.04 Å². The lowest BCUT2D eigenvalue weighted by molar-refractivity contribution is 0.414. The molecule has 1 aromatic carbocycles. The van der Waals surface area contributed by atoms with Crippen molar-refractivity contribution in [2.75, 3.05) is 14.2 Å². The molecule has 1 unspecified atom stereocenters. The predicted octanol–water partition coefficient (Wildman–Crippen LogP) is 3.93. The number of hydrogen-bond donors (Lipinski definition) is 1. The lowest BCUT2D eigenvalue weighted by Crippen LogP contribution is -2.16. The van der Waals surface area contributed by atoms with Gasteiger partial charge in [-0.25, -0.2) is 0 Å². The lowest BCUT2D eigenvalue weighted by Gasteiger charge is -2.16. The fourth-order valence-corrected chi connectivity index (χ4v) is 2.09. The molecule has 0 aromatic heterocycles. The summed E-state index contributed by atoms with van der Waals surface area (Å²) in [5.74, 6) is 0.926. The number of methoxy groups -OCH3 is 1. The summed E-state index contributed by atoms with van der Waals surface area (Å²) < 4.78 is 5.18. The Balaban J connectivity index is 2.47. The zero-order valence-corrected chi connectivity index (χ0v) is 11.3. The quantitative estimate of drug-likeness (QED) is 0.689. The van der Waals surface area contributed by atoms with Crippen molar-refractivity contribution in [2.45, 2.75) is 45.1 Å². The van der Waals surface area contributed by atoms with Crippen LogP contribution in [0.1, 0.15) is 50.6 Å². The van der Waals surface area contributed by atoms with Gasteiger partial charge < -0.3 is 10.1 Å². The molecule has 0 heterocycles. The van der Waals surface area contributed by atoms with Gasteiger partial charge in [0.25, 0.3) is 0 Å². The number of nitrogens with one attached hydrogen (secondary N) is 1. The van der Waals surface area contributed by atoms with Gasteiger partial charge in [-0.15, -0.1) is 0 Å². The van der Waals surface area contributed by atoms with Crippen LogP contribution >= 0.6 is 0 Å². The van der Waals surface area contributed by atoms with E-state index < -0.39 is 0 Å². The van der Waals surface area contributed by atoms with Gasteiger partial charge in [-0.3, -0.25) is 0 Å². The normalized spacial score (nSPS) is 12.4. The molecule has 17 heavy (non-hydrogen) atoms. The molecule has 0 aliphatic carbocycles. The second-order valence-corrected chi connectivity index (χ2v) is 4.46. The molecule has 0 spiro atoms. The SMILES string of the molecule is CCCCCCC(NC)c1ccc(OC)cc1. The number of unbranched alkanes of at least 4 members (excludes halogenated alkanes) is 3. The molecule has 2 nitrogen and oxygen atoms in total. The smallest absolute Gasteiger partial charge is 0.118 e. The molecule has 0 saturated heterocycles. The fourth-order valence-electron chi connectivity index (χ4n) is 2.09. The molecule has 1 atom stereocenters. The molecule has 96 valence electrons. The summed E-state index contributed by atoms with van der Waals surface area (Å²) >= 11 is 0. The molecule has 1 N–H and O–H groups in total. The Morgan fingerprint density at radius 3 is 2.35 bits per heavy atom. The van der Waals surface area contributed by atoms with Crippen LogP contribution in [0.2, 0.25) is 0 Å². The van der Waals surface area contributed by atoms with E-state index in [-0.39, 0.29) is 0 Å². The molecule has 0 radical (unpaired) electrons. The van der Waals surface area contributed by atoms with E-state index in [2.05, 4.69) is 24.4 Å². The average Bonchev–Trinajstić information content (AvgIpc) is 2.39. The number of hydrogen-bond acceptors (Lipinski definition) is 2. The second-order valence-electron chi connectivity index (χ2n) is 4.46. The first-order valence-corrected chi connectivity index (χ1v) is 6.63. The molecular weight excluding hydrogens is 210 g/mol. The van der Waals surface area contributed by atoms with Crippen molar-refractivity contribution in [1.82, 2.24) is 5.32 Å². The van der Waals surface area contributed by atoms with Crippen molar-refractivity contribution in [3.63, 3.8) is 0 Å². The lowest BCUT2D eigenvalue weighted by atomic mass is 10.00. The minimum atomic E-state index is 0.470. The van der Waals surface area contributed by atoms with Gasteiger partial charge in [0.2, 0.25) is 0 Å². The second kappa shape index (κ2) is 8.13. The molecule has 1 aromatic rings. The Morgan fingerprint density at radius 1 is 1.12 bits per heavy atom. The van der Waals surface area contributed by atoms with Gasteiger partial charge in [0.05, 0.1) is 7.11 Å². The summed E-state index contributed by atoms with van der Waals surface area (Å²) in [5, 5.41) is 3.39. The highest BCUT2D eigenvalue weighted by Gasteiger charge is 2.08. The molecule has 0 bridgehead atoms. The largest absolute Gasteiger partial charge is 0.497 e. The van der Waals surface area contributed by atoms with Gasteiger partial charge in [0.15, 0.2) is 0 Å². The van der Waals surface area contributed by atoms with Crippen LogP contribution in [0.3, 0.4) is 0 Å². The third-order valence-electron chi connectivity index (χ3n) is 3.21. The molecule has 0 amide bonds. The molecular formula is C15H25NO. The Morgan fingerprint density at radius 2 is 1.82 bits per heavy atom. The van der Waals surface area contributed by atoms with Crippen molar-refractivity contribution in [1.29, 1.82) is 0 Å². The number of ether oxygens (including phenoxy) is 1. The van der Waals surface area contributed by atoms with Crippen molar-refractivity contribution in [3.05, 3.63) is 29.8 Å². The topological polar surface area (TPSA) is 21.3 Å². The predicted molar refractivity (Wildman–Crippen MR) is 73.6 cm³/mol. The third-order valence-corrected chi connectivity index (χ3v) is 3.21. The average molecular weight is 235 g/mol. The zero-order valence-electron chi connectivity index (χ0n) is 11.3. The molecule has 0 aliphatic rings. The Bertz CT molecular complexity index is 294. The molecule has 2 heteroatoms. The van der Waals surface area contributed by atoms with E-state index >= 15 is 0 Å². The van der Waals surface area contributed by atoms with Crippen molar-refractivity contribution in [3.8, 4) is 5.75 Å². The van der Waals surface area contributed by atoms with Crippen LogP contribution in [0.5, 0.6) is 5.75 Å². The molecule has 1 rings (SSSR count). The number of benzene rings is 1. The minimum absolute atomic E-state index is 0.470. The van der Waals surface area contributed by atoms with Crippen LogP contribution in [0.15, 0.2) is 24.3 Å². The van der Waals surface area contributed by atoms with Gasteiger partial charge in [0, 0.05) is 6.04 Å². The van der Waals surface area contributed by atoms with E-state index in [1.807, 2.05) is 19.2 Å². The van der Waals surface area contributed by atoms with Gasteiger partial charge in [0.1, 0.15) is 5.75 Å². The summed E-state index contributed by atoms with van der Waals surface area (Å²) in [6.07, 6.45) is 6.49. The van der Waals surface area contributed by atoms with E-state index in [1.54, 1.807) is 7.11 Å². The van der Waals surface area contributed by atoms with Gasteiger partial charge in [-0.1, -0.05) is 44.7 Å². The van der Waals surface area contributed by atoms with Crippen molar-refractivity contribution < 1.29 is 4.74 Å². The summed E-state index contributed by atoms with van der Waals surface area (Å²) in [7, 11) is 3.74. The maximum Gasteiger partial charge on any atom is 0.118 e. The first kappa shape index (κ1) is 14.0. The van der Waals surface area contributed by atoms with E-state index in [9.17, 15) is 0 Å². The van der Waals surface area contributed by atoms with Gasteiger partial charge in [-0.05, 0) is 31.2 Å². The Labute approximate surface area is 105 Å². The summed E-state index contributed by atoms with van der Waals surface area (Å²) in [6, 6.07) is 8.84. The van der Waals surface area contributed by atoms with Gasteiger partial charge >= 0.3 is 0 Å². The van der Waals surface area contributed by atoms with Gasteiger partial charge in [-0.2, -0.15) is 0 Å². The fraction of sp³-hybridized carbons (Fsp3) is 0.600. The first-order chi connectivity index (χ1) is 8.31. The standard InChI is InChI=1S/C15H25NO/c1-4-5-6-7-8-15(16-2)13-9-11-14(17-3)12-10-13/h9-12,15-16H,4-8H2,1-3H3. The monoisotopic (exact) mass is 235 g/mol. The third kappa shape index (κ3) is 4.78. The van der Waals surface area contributed by atoms with Crippen LogP contribution in [-0.4, -0.2) is 14.2 Å². The van der Waals surface area contributed by atoms with Crippen LogP contribution in [0.25, 0.3) is 0 Å². The highest BCUT2D eigenvalue weighted by molar-refractivity contribution is 5.29. The maximum atomic E-state index is 5.18. The van der Waals surface area contributed by atoms with E-state index in [0.717, 1.165) is 5.75 Å². The summed E-state index contributed by atoms with van der Waals surface area (Å²) in [6.45, 7) is 2.25. The van der Waals surface area contributed by atoms with E-state index in [1.165, 1.54) is 37.7 Å². The van der Waals surface area contributed by atoms with Crippen LogP contribution < -0.4 is 10.1 Å². The summed E-state index contributed by atoms with van der Waals surface area (Å²) in [4.78, 5) is 0. The Hall–Kier alpha value is -1.02. The van der Waals surface area contributed by atoms with Crippen LogP contribution in [0.4, 0.5) is 0 Å². The molecule has 0 fully saturated rings. The highest BCUT2D eigenvalue weighted by atomic mass is 16.5. The highest BCUT2D eigenvalue weighted by Crippen LogP contribution is 2.22. The molecule has 0 aliphatic heterocycles. The first-order valence-electron chi connectivity index (χ1n) is 6.63. The zero-order chi connectivity index (χ0) is 12.5. The minimum Gasteiger partial charge on any atom is -0.497 e. The maximum absolute atomic E-state index is 5.18. The summed E-state index contributed by atoms with van der Waals surface area (Å²) in [5.41, 5.74) is 1.35. The van der Waals surface area contributed by atoms with Crippen molar-refractivity contribution >= 4 is 0 Å².